The maximum atomic E-state index is 11.5. The third-order valence-electron chi connectivity index (χ3n) is 3.30. The van der Waals surface area contributed by atoms with Crippen LogP contribution in [0.25, 0.3) is 0 Å². The second-order valence-electron chi connectivity index (χ2n) is 5.40. The summed E-state index contributed by atoms with van der Waals surface area (Å²) >= 11 is 0. The molecule has 0 atom stereocenters. The van der Waals surface area contributed by atoms with E-state index in [0.29, 0.717) is 12.3 Å². The fourth-order valence-electron chi connectivity index (χ4n) is 2.19. The number of anilines is 1. The lowest BCUT2D eigenvalue weighted by Gasteiger charge is -2.09. The lowest BCUT2D eigenvalue weighted by atomic mass is 10.1. The van der Waals surface area contributed by atoms with Gasteiger partial charge in [-0.2, -0.15) is 0 Å². The van der Waals surface area contributed by atoms with Gasteiger partial charge in [-0.15, -0.1) is 24.0 Å². The van der Waals surface area contributed by atoms with Gasteiger partial charge in [-0.25, -0.2) is 13.4 Å². The number of nitrogens with zero attached hydrogens (tertiary/aromatic N) is 1. The van der Waals surface area contributed by atoms with Gasteiger partial charge in [0.1, 0.15) is 5.75 Å². The van der Waals surface area contributed by atoms with Crippen LogP contribution in [0.2, 0.25) is 0 Å². The molecule has 8 heteroatoms. The standard InChI is InChI=1S/C17H21N3O3S.HI/c1-23-16-9-5-8-15(10-16)20-17(18)19-11-13-6-3-4-7-14(13)12-24(2,21)22;/h3-10H,11-12H2,1-2H3,(H3,18,19,20);1H. The highest BCUT2D eigenvalue weighted by Gasteiger charge is 2.08. The fourth-order valence-corrected chi connectivity index (χ4v) is 3.04. The third kappa shape index (κ3) is 7.30. The molecule has 0 aromatic heterocycles. The predicted octanol–water partition coefficient (Wildman–Crippen LogP) is 2.78. The molecule has 6 nitrogen and oxygen atoms in total. The van der Waals surface area contributed by atoms with Crippen LogP contribution in [0.3, 0.4) is 0 Å². The van der Waals surface area contributed by atoms with E-state index >= 15 is 0 Å². The van der Waals surface area contributed by atoms with Crippen LogP contribution in [-0.2, 0) is 22.1 Å². The average Bonchev–Trinajstić information content (AvgIpc) is 2.53. The molecule has 0 heterocycles. The van der Waals surface area contributed by atoms with E-state index in [-0.39, 0.29) is 35.7 Å². The number of hydrogen-bond donors (Lipinski definition) is 2. The van der Waals surface area contributed by atoms with Crippen molar-refractivity contribution >= 4 is 45.5 Å². The van der Waals surface area contributed by atoms with Crippen molar-refractivity contribution in [1.29, 1.82) is 0 Å². The summed E-state index contributed by atoms with van der Waals surface area (Å²) < 4.78 is 28.2. The largest absolute Gasteiger partial charge is 0.497 e. The zero-order valence-corrected chi connectivity index (χ0v) is 17.2. The van der Waals surface area contributed by atoms with Crippen LogP contribution in [0.1, 0.15) is 11.1 Å². The van der Waals surface area contributed by atoms with Crippen LogP contribution in [0.15, 0.2) is 53.5 Å². The molecule has 0 saturated heterocycles. The van der Waals surface area contributed by atoms with Crippen LogP contribution >= 0.6 is 24.0 Å². The molecule has 0 bridgehead atoms. The summed E-state index contributed by atoms with van der Waals surface area (Å²) in [5.74, 6) is 0.950. The lowest BCUT2D eigenvalue weighted by molar-refractivity contribution is 0.415. The van der Waals surface area contributed by atoms with Crippen molar-refractivity contribution in [2.75, 3.05) is 18.7 Å². The number of sulfone groups is 1. The summed E-state index contributed by atoms with van der Waals surface area (Å²) in [6, 6.07) is 14.6. The maximum absolute atomic E-state index is 11.5. The van der Waals surface area contributed by atoms with Crippen LogP contribution in [-0.4, -0.2) is 27.7 Å². The van der Waals surface area contributed by atoms with Crippen LogP contribution in [0.5, 0.6) is 5.75 Å². The average molecular weight is 475 g/mol. The van der Waals surface area contributed by atoms with E-state index in [4.69, 9.17) is 10.5 Å². The minimum atomic E-state index is -3.10. The number of ether oxygens (including phenoxy) is 1. The van der Waals surface area contributed by atoms with Crippen molar-refractivity contribution in [3.63, 3.8) is 0 Å². The van der Waals surface area contributed by atoms with Crippen LogP contribution in [0.4, 0.5) is 5.69 Å². The molecular weight excluding hydrogens is 453 g/mol. The van der Waals surface area contributed by atoms with Gasteiger partial charge in [0.15, 0.2) is 15.8 Å². The molecule has 2 aromatic rings. The maximum Gasteiger partial charge on any atom is 0.193 e. The Morgan fingerprint density at radius 1 is 1.16 bits per heavy atom. The first kappa shape index (κ1) is 21.2. The molecule has 0 aliphatic carbocycles. The van der Waals surface area contributed by atoms with E-state index in [0.717, 1.165) is 16.8 Å². The van der Waals surface area contributed by atoms with Crippen molar-refractivity contribution in [2.24, 2.45) is 10.7 Å². The molecule has 2 rings (SSSR count). The molecule has 25 heavy (non-hydrogen) atoms. The highest BCUT2D eigenvalue weighted by atomic mass is 127. The first-order chi connectivity index (χ1) is 11.4. The molecule has 0 radical (unpaired) electrons. The Balaban J connectivity index is 0.00000312. The molecular formula is C17H22IN3O3S. The summed E-state index contributed by atoms with van der Waals surface area (Å²) in [7, 11) is -1.51. The smallest absolute Gasteiger partial charge is 0.193 e. The monoisotopic (exact) mass is 475 g/mol. The van der Waals surface area contributed by atoms with Crippen molar-refractivity contribution in [3.05, 3.63) is 59.7 Å². The van der Waals surface area contributed by atoms with Gasteiger partial charge in [-0.1, -0.05) is 30.3 Å². The molecule has 0 aliphatic heterocycles. The summed E-state index contributed by atoms with van der Waals surface area (Å²) in [6.07, 6.45) is 1.21. The first-order valence-corrected chi connectivity index (χ1v) is 9.39. The predicted molar refractivity (Wildman–Crippen MR) is 112 cm³/mol. The molecule has 0 saturated carbocycles. The molecule has 0 amide bonds. The van der Waals surface area contributed by atoms with Gasteiger partial charge in [0.2, 0.25) is 0 Å². The Hall–Kier alpha value is -1.81. The normalized spacial score (nSPS) is 11.5. The van der Waals surface area contributed by atoms with E-state index in [2.05, 4.69) is 10.3 Å². The van der Waals surface area contributed by atoms with E-state index in [1.54, 1.807) is 19.2 Å². The van der Waals surface area contributed by atoms with Crippen molar-refractivity contribution < 1.29 is 13.2 Å². The number of benzene rings is 2. The zero-order chi connectivity index (χ0) is 17.6. The number of nitrogens with one attached hydrogen (secondary N) is 1. The molecule has 2 aromatic carbocycles. The highest BCUT2D eigenvalue weighted by Crippen LogP contribution is 2.17. The minimum Gasteiger partial charge on any atom is -0.497 e. The molecule has 0 fully saturated rings. The van der Waals surface area contributed by atoms with Gasteiger partial charge in [0.05, 0.1) is 19.4 Å². The van der Waals surface area contributed by atoms with E-state index in [9.17, 15) is 8.42 Å². The van der Waals surface area contributed by atoms with Gasteiger partial charge < -0.3 is 15.8 Å². The second kappa shape index (κ2) is 9.62. The number of rotatable bonds is 6. The topological polar surface area (TPSA) is 93.8 Å². The Morgan fingerprint density at radius 2 is 1.84 bits per heavy atom. The Bertz CT molecular complexity index is 839. The summed E-state index contributed by atoms with van der Waals surface area (Å²) in [5.41, 5.74) is 8.23. The first-order valence-electron chi connectivity index (χ1n) is 7.33. The lowest BCUT2D eigenvalue weighted by Crippen LogP contribution is -2.22. The second-order valence-corrected chi connectivity index (χ2v) is 7.54. The van der Waals surface area contributed by atoms with Gasteiger partial charge in [0, 0.05) is 18.0 Å². The number of aliphatic imine (C=N–C) groups is 1. The van der Waals surface area contributed by atoms with E-state index < -0.39 is 9.84 Å². The molecule has 0 aliphatic rings. The number of hydrogen-bond acceptors (Lipinski definition) is 4. The van der Waals surface area contributed by atoms with Gasteiger partial charge in [0.25, 0.3) is 0 Å². The van der Waals surface area contributed by atoms with Crippen molar-refractivity contribution in [1.82, 2.24) is 0 Å². The molecule has 136 valence electrons. The molecule has 0 spiro atoms. The summed E-state index contributed by atoms with van der Waals surface area (Å²) in [5, 5.41) is 2.98. The number of methoxy groups -OCH3 is 1. The van der Waals surface area contributed by atoms with Crippen LogP contribution < -0.4 is 15.8 Å². The SMILES string of the molecule is COc1cccc(NC(N)=NCc2ccccc2CS(C)(=O)=O)c1.I. The number of nitrogens with two attached hydrogens (primary N) is 1. The van der Waals surface area contributed by atoms with Gasteiger partial charge >= 0.3 is 0 Å². The van der Waals surface area contributed by atoms with Crippen molar-refractivity contribution in [2.45, 2.75) is 12.3 Å². The minimum absolute atomic E-state index is 0. The molecule has 3 N–H and O–H groups in total. The van der Waals surface area contributed by atoms with Crippen molar-refractivity contribution in [3.8, 4) is 5.75 Å². The Labute approximate surface area is 165 Å². The Morgan fingerprint density at radius 3 is 2.48 bits per heavy atom. The zero-order valence-electron chi connectivity index (χ0n) is 14.1. The Kier molecular flexibility index (Phi) is 8.17. The number of guanidine groups is 1. The van der Waals surface area contributed by atoms with Gasteiger partial charge in [-0.05, 0) is 23.3 Å². The fraction of sp³-hybridized carbons (Fsp3) is 0.235. The number of halogens is 1. The summed E-state index contributed by atoms with van der Waals surface area (Å²) in [4.78, 5) is 4.28. The van der Waals surface area contributed by atoms with Gasteiger partial charge in [-0.3, -0.25) is 0 Å². The summed E-state index contributed by atoms with van der Waals surface area (Å²) in [6.45, 7) is 0.300. The quantitative estimate of drug-likeness (QED) is 0.381. The van der Waals surface area contributed by atoms with Crippen LogP contribution in [0, 0.1) is 0 Å². The van der Waals surface area contributed by atoms with E-state index in [1.165, 1.54) is 6.26 Å². The molecule has 0 unspecified atom stereocenters. The highest BCUT2D eigenvalue weighted by molar-refractivity contribution is 14.0. The van der Waals surface area contributed by atoms with E-state index in [1.807, 2.05) is 36.4 Å². The third-order valence-corrected chi connectivity index (χ3v) is 4.13.